The number of nitrogens with one attached hydrogen (secondary N) is 1. The van der Waals surface area contributed by atoms with Gasteiger partial charge in [-0.2, -0.15) is 0 Å². The lowest BCUT2D eigenvalue weighted by Crippen LogP contribution is -2.38. The molecular formula is C16H15ClFNO5S. The largest absolute Gasteiger partial charge is 0.454 e. The van der Waals surface area contributed by atoms with Gasteiger partial charge in [-0.15, -0.1) is 0 Å². The number of halogens is 2. The van der Waals surface area contributed by atoms with E-state index in [1.807, 2.05) is 0 Å². The van der Waals surface area contributed by atoms with Crippen molar-refractivity contribution in [2.75, 3.05) is 13.3 Å². The number of rotatable bonds is 5. The van der Waals surface area contributed by atoms with E-state index in [4.69, 9.17) is 21.1 Å². The van der Waals surface area contributed by atoms with Crippen LogP contribution in [0.1, 0.15) is 12.5 Å². The van der Waals surface area contributed by atoms with Gasteiger partial charge in [0, 0.05) is 6.54 Å². The van der Waals surface area contributed by atoms with Gasteiger partial charge in [0.25, 0.3) is 0 Å². The van der Waals surface area contributed by atoms with E-state index >= 15 is 0 Å². The van der Waals surface area contributed by atoms with E-state index in [0.29, 0.717) is 17.1 Å². The van der Waals surface area contributed by atoms with Crippen molar-refractivity contribution in [1.82, 2.24) is 4.72 Å². The van der Waals surface area contributed by atoms with Crippen LogP contribution in [-0.2, 0) is 15.6 Å². The second-order valence-corrected chi connectivity index (χ2v) is 7.92. The van der Waals surface area contributed by atoms with Crippen LogP contribution in [0.25, 0.3) is 0 Å². The van der Waals surface area contributed by atoms with Crippen molar-refractivity contribution < 1.29 is 27.4 Å². The first-order valence-electron chi connectivity index (χ1n) is 7.26. The molecule has 1 atom stereocenters. The fourth-order valence-electron chi connectivity index (χ4n) is 2.30. The van der Waals surface area contributed by atoms with Gasteiger partial charge in [-0.25, -0.2) is 17.5 Å². The summed E-state index contributed by atoms with van der Waals surface area (Å²) in [6.07, 6.45) is 0. The summed E-state index contributed by atoms with van der Waals surface area (Å²) in [5, 5.41) is 10.3. The van der Waals surface area contributed by atoms with Gasteiger partial charge in [-0.1, -0.05) is 17.7 Å². The normalized spacial score (nSPS) is 15.8. The van der Waals surface area contributed by atoms with Gasteiger partial charge in [0.15, 0.2) is 11.5 Å². The summed E-state index contributed by atoms with van der Waals surface area (Å²) in [5.74, 6) is 0.319. The van der Waals surface area contributed by atoms with Gasteiger partial charge in [0.1, 0.15) is 11.4 Å². The minimum atomic E-state index is -3.97. The average molecular weight is 388 g/mol. The summed E-state index contributed by atoms with van der Waals surface area (Å²) in [5.41, 5.74) is -1.05. The lowest BCUT2D eigenvalue weighted by atomic mass is 9.96. The number of ether oxygens (including phenoxy) is 2. The highest BCUT2D eigenvalue weighted by Gasteiger charge is 2.28. The van der Waals surface area contributed by atoms with Gasteiger partial charge in [0.05, 0.1) is 9.92 Å². The predicted octanol–water partition coefficient (Wildman–Crippen LogP) is 2.39. The molecule has 25 heavy (non-hydrogen) atoms. The summed E-state index contributed by atoms with van der Waals surface area (Å²) in [6.45, 7) is 1.26. The van der Waals surface area contributed by atoms with Crippen LogP contribution < -0.4 is 14.2 Å². The Hall–Kier alpha value is -1.87. The number of fused-ring (bicyclic) bond motifs is 1. The molecule has 134 valence electrons. The van der Waals surface area contributed by atoms with Crippen LogP contribution in [0, 0.1) is 5.82 Å². The Labute approximate surface area is 149 Å². The lowest BCUT2D eigenvalue weighted by Gasteiger charge is -2.24. The zero-order valence-electron chi connectivity index (χ0n) is 13.1. The molecule has 0 bridgehead atoms. The Morgan fingerprint density at radius 3 is 2.68 bits per heavy atom. The van der Waals surface area contributed by atoms with E-state index in [1.165, 1.54) is 6.92 Å². The Morgan fingerprint density at radius 1 is 1.24 bits per heavy atom. The second-order valence-electron chi connectivity index (χ2n) is 5.74. The third kappa shape index (κ3) is 3.72. The molecule has 0 aromatic heterocycles. The topological polar surface area (TPSA) is 84.9 Å². The van der Waals surface area contributed by atoms with Gasteiger partial charge in [-0.05, 0) is 42.8 Å². The summed E-state index contributed by atoms with van der Waals surface area (Å²) < 4.78 is 50.6. The van der Waals surface area contributed by atoms with Crippen LogP contribution in [0.5, 0.6) is 11.5 Å². The molecule has 2 N–H and O–H groups in total. The van der Waals surface area contributed by atoms with E-state index in [1.54, 1.807) is 18.2 Å². The van der Waals surface area contributed by atoms with Crippen LogP contribution in [0.2, 0.25) is 5.02 Å². The van der Waals surface area contributed by atoms with Gasteiger partial charge < -0.3 is 14.6 Å². The molecule has 0 amide bonds. The van der Waals surface area contributed by atoms with Crippen LogP contribution in [0.15, 0.2) is 41.3 Å². The van der Waals surface area contributed by atoms with Crippen LogP contribution in [0.3, 0.4) is 0 Å². The van der Waals surface area contributed by atoms with Crippen molar-refractivity contribution in [3.05, 3.63) is 52.8 Å². The quantitative estimate of drug-likeness (QED) is 0.822. The molecule has 1 heterocycles. The molecule has 0 spiro atoms. The number of hydrogen-bond acceptors (Lipinski definition) is 5. The first-order valence-corrected chi connectivity index (χ1v) is 9.12. The Morgan fingerprint density at radius 2 is 1.96 bits per heavy atom. The first-order chi connectivity index (χ1) is 11.7. The van der Waals surface area contributed by atoms with Crippen LogP contribution >= 0.6 is 11.6 Å². The fraction of sp³-hybridized carbons (Fsp3) is 0.250. The first kappa shape index (κ1) is 17.9. The number of aliphatic hydroxyl groups is 1. The summed E-state index contributed by atoms with van der Waals surface area (Å²) in [7, 11) is -3.97. The zero-order valence-corrected chi connectivity index (χ0v) is 14.7. The predicted molar refractivity (Wildman–Crippen MR) is 88.7 cm³/mol. The standard InChI is InChI=1S/C16H15ClFNO5S/c1-16(20,10-2-5-14-15(6-10)24-9-23-14)8-19-25(21,22)11-3-4-13(18)12(17)7-11/h2-7,19-20H,8-9H2,1H3. The summed E-state index contributed by atoms with van der Waals surface area (Å²) >= 11 is 5.62. The lowest BCUT2D eigenvalue weighted by molar-refractivity contribution is 0.0625. The van der Waals surface area contributed by atoms with E-state index < -0.39 is 21.4 Å². The highest BCUT2D eigenvalue weighted by Crippen LogP contribution is 2.35. The molecule has 1 aliphatic rings. The molecule has 0 fully saturated rings. The maximum atomic E-state index is 13.2. The maximum Gasteiger partial charge on any atom is 0.240 e. The highest BCUT2D eigenvalue weighted by atomic mass is 35.5. The van der Waals surface area contributed by atoms with Crippen molar-refractivity contribution >= 4 is 21.6 Å². The summed E-state index contributed by atoms with van der Waals surface area (Å²) in [6, 6.07) is 7.92. The Kier molecular flexibility index (Phi) is 4.63. The number of benzene rings is 2. The fourth-order valence-corrected chi connectivity index (χ4v) is 3.70. The molecule has 0 saturated heterocycles. The molecule has 2 aromatic carbocycles. The minimum absolute atomic E-state index is 0.0961. The molecule has 9 heteroatoms. The molecular weight excluding hydrogens is 373 g/mol. The Bertz CT molecular complexity index is 917. The SMILES string of the molecule is CC(O)(CNS(=O)(=O)c1ccc(F)c(Cl)c1)c1ccc2c(c1)OCO2. The molecule has 1 aliphatic heterocycles. The number of sulfonamides is 1. The van der Waals surface area contributed by atoms with Gasteiger partial charge in [-0.3, -0.25) is 0 Å². The Balaban J connectivity index is 1.78. The van der Waals surface area contributed by atoms with E-state index in [0.717, 1.165) is 18.2 Å². The molecule has 3 rings (SSSR count). The van der Waals surface area contributed by atoms with Crippen LogP contribution in [-0.4, -0.2) is 26.9 Å². The van der Waals surface area contributed by atoms with Gasteiger partial charge in [0.2, 0.25) is 16.8 Å². The van der Waals surface area contributed by atoms with E-state index in [2.05, 4.69) is 4.72 Å². The molecule has 0 saturated carbocycles. The minimum Gasteiger partial charge on any atom is -0.454 e. The van der Waals surface area contributed by atoms with Gasteiger partial charge >= 0.3 is 0 Å². The highest BCUT2D eigenvalue weighted by molar-refractivity contribution is 7.89. The third-order valence-corrected chi connectivity index (χ3v) is 5.49. The van der Waals surface area contributed by atoms with E-state index in [9.17, 15) is 17.9 Å². The monoisotopic (exact) mass is 387 g/mol. The van der Waals surface area contributed by atoms with E-state index in [-0.39, 0.29) is 23.3 Å². The van der Waals surface area contributed by atoms with Crippen LogP contribution in [0.4, 0.5) is 4.39 Å². The van der Waals surface area contributed by atoms with Crippen molar-refractivity contribution in [2.45, 2.75) is 17.4 Å². The zero-order chi connectivity index (χ0) is 18.2. The van der Waals surface area contributed by atoms with Crippen molar-refractivity contribution in [3.8, 4) is 11.5 Å². The average Bonchev–Trinajstić information content (AvgIpc) is 3.03. The number of hydrogen-bond donors (Lipinski definition) is 2. The molecule has 0 aliphatic carbocycles. The van der Waals surface area contributed by atoms with Crippen molar-refractivity contribution in [3.63, 3.8) is 0 Å². The molecule has 0 radical (unpaired) electrons. The molecule has 6 nitrogen and oxygen atoms in total. The second kappa shape index (κ2) is 6.45. The maximum absolute atomic E-state index is 13.2. The van der Waals surface area contributed by atoms with Crippen molar-refractivity contribution in [2.24, 2.45) is 0 Å². The molecule has 2 aromatic rings. The molecule has 1 unspecified atom stereocenters. The smallest absolute Gasteiger partial charge is 0.240 e. The van der Waals surface area contributed by atoms with Crippen molar-refractivity contribution in [1.29, 1.82) is 0 Å². The third-order valence-electron chi connectivity index (χ3n) is 3.80. The summed E-state index contributed by atoms with van der Waals surface area (Å²) in [4.78, 5) is -0.194.